The third-order valence-corrected chi connectivity index (χ3v) is 6.89. The van der Waals surface area contributed by atoms with E-state index in [4.69, 9.17) is 4.74 Å². The summed E-state index contributed by atoms with van der Waals surface area (Å²) in [4.78, 5) is 42.3. The van der Waals surface area contributed by atoms with Gasteiger partial charge in [-0.05, 0) is 57.2 Å². The Morgan fingerprint density at radius 2 is 1.64 bits per heavy atom. The summed E-state index contributed by atoms with van der Waals surface area (Å²) in [5.74, 6) is -0.750. The van der Waals surface area contributed by atoms with Crippen LogP contribution in [0.2, 0.25) is 0 Å². The molecule has 2 atom stereocenters. The number of carbonyl (C=O) groups excluding carboxylic acids is 3. The Kier molecular flexibility index (Phi) is 10.9. The lowest BCUT2D eigenvalue weighted by atomic mass is 9.93. The van der Waals surface area contributed by atoms with Gasteiger partial charge in [0.1, 0.15) is 17.7 Å². The van der Waals surface area contributed by atoms with Crippen molar-refractivity contribution >= 4 is 17.9 Å². The van der Waals surface area contributed by atoms with Crippen LogP contribution in [0, 0.1) is 6.92 Å². The van der Waals surface area contributed by atoms with E-state index in [9.17, 15) is 19.5 Å². The summed E-state index contributed by atoms with van der Waals surface area (Å²) in [5.41, 5.74) is 1.63. The van der Waals surface area contributed by atoms with E-state index in [0.29, 0.717) is 5.56 Å². The number of hydrogen-bond acceptors (Lipinski definition) is 5. The average molecular weight is 538 g/mol. The number of carbonyl (C=O) groups is 3. The van der Waals surface area contributed by atoms with Crippen molar-refractivity contribution in [2.75, 3.05) is 13.2 Å². The molecular weight excluding hydrogens is 494 g/mol. The molecule has 8 heteroatoms. The lowest BCUT2D eigenvalue weighted by Crippen LogP contribution is -2.55. The molecule has 0 heterocycles. The van der Waals surface area contributed by atoms with Crippen molar-refractivity contribution < 1.29 is 24.2 Å². The van der Waals surface area contributed by atoms with E-state index in [1.807, 2.05) is 61.5 Å². The van der Waals surface area contributed by atoms with Gasteiger partial charge in [0.2, 0.25) is 11.8 Å². The highest BCUT2D eigenvalue weighted by Crippen LogP contribution is 2.27. The van der Waals surface area contributed by atoms with Crippen LogP contribution >= 0.6 is 0 Å². The number of nitrogens with zero attached hydrogens (tertiary/aromatic N) is 1. The molecule has 3 N–H and O–H groups in total. The number of hydrogen-bond donors (Lipinski definition) is 3. The third kappa shape index (κ3) is 9.10. The Hall–Kier alpha value is -3.39. The molecular formula is C31H43N3O5. The van der Waals surface area contributed by atoms with Crippen molar-refractivity contribution in [3.8, 4) is 0 Å². The summed E-state index contributed by atoms with van der Waals surface area (Å²) in [7, 11) is 0. The van der Waals surface area contributed by atoms with E-state index in [0.717, 1.165) is 43.2 Å². The lowest BCUT2D eigenvalue weighted by Gasteiger charge is -2.36. The van der Waals surface area contributed by atoms with Crippen molar-refractivity contribution in [3.05, 3.63) is 71.3 Å². The summed E-state index contributed by atoms with van der Waals surface area (Å²) in [6, 6.07) is 14.9. The predicted molar refractivity (Wildman–Crippen MR) is 151 cm³/mol. The standard InChI is InChI=1S/C31H43N3O5/c1-22-13-11-12-18-25(22)27(28(36)32-24-16-9-6-10-17-24)34(19-20-35)29(37)26(21-23-14-7-5-8-15-23)33-30(38)39-31(2,3)4/h5,7-8,11-15,18,24,26-27,35H,6,9-10,16-17,19-21H2,1-4H3,(H,32,36)(H,33,38). The molecule has 3 amide bonds. The van der Waals surface area contributed by atoms with Gasteiger partial charge < -0.3 is 25.4 Å². The van der Waals surface area contributed by atoms with Gasteiger partial charge in [-0.2, -0.15) is 0 Å². The maximum absolute atomic E-state index is 14.2. The first-order chi connectivity index (χ1) is 18.6. The van der Waals surface area contributed by atoms with Gasteiger partial charge in [-0.1, -0.05) is 73.9 Å². The van der Waals surface area contributed by atoms with Crippen LogP contribution in [0.4, 0.5) is 4.79 Å². The van der Waals surface area contributed by atoms with Crippen molar-refractivity contribution in [2.45, 2.75) is 89.9 Å². The molecule has 2 aromatic rings. The predicted octanol–water partition coefficient (Wildman–Crippen LogP) is 4.44. The smallest absolute Gasteiger partial charge is 0.408 e. The molecule has 0 radical (unpaired) electrons. The van der Waals surface area contributed by atoms with Crippen molar-refractivity contribution in [2.24, 2.45) is 0 Å². The first-order valence-corrected chi connectivity index (χ1v) is 13.9. The SMILES string of the molecule is Cc1ccccc1C(C(=O)NC1CCCCC1)N(CCO)C(=O)C(Cc1ccccc1)NC(=O)OC(C)(C)C. The minimum atomic E-state index is -1.01. The van der Waals surface area contributed by atoms with Crippen LogP contribution in [0.5, 0.6) is 0 Å². The van der Waals surface area contributed by atoms with Crippen LogP contribution in [-0.4, -0.2) is 58.8 Å². The van der Waals surface area contributed by atoms with E-state index >= 15 is 0 Å². The van der Waals surface area contributed by atoms with Crippen LogP contribution in [-0.2, 0) is 20.7 Å². The van der Waals surface area contributed by atoms with Crippen molar-refractivity contribution in [1.29, 1.82) is 0 Å². The quantitative estimate of drug-likeness (QED) is 0.415. The van der Waals surface area contributed by atoms with E-state index in [2.05, 4.69) is 10.6 Å². The van der Waals surface area contributed by atoms with Crippen LogP contribution < -0.4 is 10.6 Å². The maximum Gasteiger partial charge on any atom is 0.408 e. The van der Waals surface area contributed by atoms with Crippen LogP contribution in [0.15, 0.2) is 54.6 Å². The number of aliphatic hydroxyl groups is 1. The van der Waals surface area contributed by atoms with Gasteiger partial charge in [0.25, 0.3) is 0 Å². The molecule has 1 aliphatic carbocycles. The summed E-state index contributed by atoms with van der Waals surface area (Å²) < 4.78 is 5.46. The second-order valence-electron chi connectivity index (χ2n) is 11.2. The van der Waals surface area contributed by atoms with E-state index < -0.39 is 29.7 Å². The Bertz CT molecular complexity index is 1090. The van der Waals surface area contributed by atoms with Gasteiger partial charge in [-0.25, -0.2) is 4.79 Å². The molecule has 0 bridgehead atoms. The van der Waals surface area contributed by atoms with Crippen molar-refractivity contribution in [1.82, 2.24) is 15.5 Å². The monoisotopic (exact) mass is 537 g/mol. The average Bonchev–Trinajstić information content (AvgIpc) is 2.89. The van der Waals surface area contributed by atoms with Gasteiger partial charge in [0, 0.05) is 19.0 Å². The number of aryl methyl sites for hydroxylation is 1. The van der Waals surface area contributed by atoms with E-state index in [-0.39, 0.29) is 31.5 Å². The molecule has 212 valence electrons. The van der Waals surface area contributed by atoms with Crippen molar-refractivity contribution in [3.63, 3.8) is 0 Å². The zero-order chi connectivity index (χ0) is 28.4. The number of aliphatic hydroxyl groups excluding tert-OH is 1. The molecule has 0 aromatic heterocycles. The van der Waals surface area contributed by atoms with Gasteiger partial charge >= 0.3 is 6.09 Å². The topological polar surface area (TPSA) is 108 Å². The fourth-order valence-electron chi connectivity index (χ4n) is 5.05. The first kappa shape index (κ1) is 30.2. The van der Waals surface area contributed by atoms with Crippen LogP contribution in [0.25, 0.3) is 0 Å². The number of rotatable bonds is 10. The van der Waals surface area contributed by atoms with Gasteiger partial charge in [0.15, 0.2) is 0 Å². The van der Waals surface area contributed by atoms with Crippen LogP contribution in [0.1, 0.15) is 75.6 Å². The third-order valence-electron chi connectivity index (χ3n) is 6.89. The fourth-order valence-corrected chi connectivity index (χ4v) is 5.05. The summed E-state index contributed by atoms with van der Waals surface area (Å²) in [6.07, 6.45) is 4.54. The summed E-state index contributed by atoms with van der Waals surface area (Å²) in [6.45, 7) is 6.75. The Labute approximate surface area is 232 Å². The normalized spacial score (nSPS) is 15.6. The number of benzene rings is 2. The minimum absolute atomic E-state index is 0.0452. The Morgan fingerprint density at radius 1 is 1.00 bits per heavy atom. The molecule has 1 saturated carbocycles. The molecule has 2 aromatic carbocycles. The minimum Gasteiger partial charge on any atom is -0.444 e. The Balaban J connectivity index is 1.98. The second kappa shape index (κ2) is 14.1. The molecule has 1 aliphatic rings. The fraction of sp³-hybridized carbons (Fsp3) is 0.516. The molecule has 0 saturated heterocycles. The van der Waals surface area contributed by atoms with Gasteiger partial charge in [-0.3, -0.25) is 9.59 Å². The highest BCUT2D eigenvalue weighted by Gasteiger charge is 2.37. The molecule has 2 unspecified atom stereocenters. The molecule has 39 heavy (non-hydrogen) atoms. The number of alkyl carbamates (subject to hydrolysis) is 1. The number of nitrogens with one attached hydrogen (secondary N) is 2. The second-order valence-corrected chi connectivity index (χ2v) is 11.2. The zero-order valence-electron chi connectivity index (χ0n) is 23.6. The maximum atomic E-state index is 14.2. The summed E-state index contributed by atoms with van der Waals surface area (Å²) >= 11 is 0. The number of ether oxygens (including phenoxy) is 1. The van der Waals surface area contributed by atoms with Gasteiger partial charge in [0.05, 0.1) is 6.61 Å². The molecule has 1 fully saturated rings. The molecule has 0 aliphatic heterocycles. The highest BCUT2D eigenvalue weighted by atomic mass is 16.6. The van der Waals surface area contributed by atoms with E-state index in [1.165, 1.54) is 4.90 Å². The first-order valence-electron chi connectivity index (χ1n) is 13.9. The zero-order valence-corrected chi connectivity index (χ0v) is 23.6. The molecule has 0 spiro atoms. The Morgan fingerprint density at radius 3 is 2.26 bits per heavy atom. The highest BCUT2D eigenvalue weighted by molar-refractivity contribution is 5.92. The summed E-state index contributed by atoms with van der Waals surface area (Å²) in [5, 5.41) is 15.9. The molecule has 8 nitrogen and oxygen atoms in total. The number of amides is 3. The largest absolute Gasteiger partial charge is 0.444 e. The van der Waals surface area contributed by atoms with Crippen LogP contribution in [0.3, 0.4) is 0 Å². The lowest BCUT2D eigenvalue weighted by molar-refractivity contribution is -0.143. The van der Waals surface area contributed by atoms with Gasteiger partial charge in [-0.15, -0.1) is 0 Å². The molecule has 3 rings (SSSR count). The van der Waals surface area contributed by atoms with E-state index in [1.54, 1.807) is 20.8 Å².